The molecule has 0 radical (unpaired) electrons. The minimum Gasteiger partial charge on any atom is -0.444 e. The zero-order chi connectivity index (χ0) is 28.6. The number of rotatable bonds is 6. The van der Waals surface area contributed by atoms with E-state index in [0.29, 0.717) is 25.5 Å². The Balaban J connectivity index is 1.25. The maximum atomic E-state index is 12.5. The van der Waals surface area contributed by atoms with Gasteiger partial charge in [0.05, 0.1) is 12.2 Å². The molecule has 1 aromatic carbocycles. The number of carbonyl (C=O) groups excluding carboxylic acids is 3. The maximum Gasteiger partial charge on any atom is 0.410 e. The molecular formula is C28H38N8O4. The summed E-state index contributed by atoms with van der Waals surface area (Å²) in [5.74, 6) is 0.486. The molecule has 3 saturated heterocycles. The normalized spacial score (nSPS) is 20.0. The lowest BCUT2D eigenvalue weighted by Gasteiger charge is -2.40. The molecule has 214 valence electrons. The highest BCUT2D eigenvalue weighted by atomic mass is 16.6. The van der Waals surface area contributed by atoms with Gasteiger partial charge < -0.3 is 35.4 Å². The van der Waals surface area contributed by atoms with Crippen molar-refractivity contribution in [1.82, 2.24) is 24.7 Å². The van der Waals surface area contributed by atoms with Gasteiger partial charge >= 0.3 is 12.1 Å². The number of nitrogens with two attached hydrogens (primary N) is 1. The van der Waals surface area contributed by atoms with Crippen molar-refractivity contribution in [2.45, 2.75) is 51.2 Å². The number of nitrogens with zero attached hydrogens (tertiary/aromatic N) is 6. The standard InChI is InChI=1S/C28H38N8O4/c1-28(2,3)40-27(39)35-15-19(16-35)18-7-9-20(10-8-18)31-25-23(24(29)37)30-14-22(32-25)34-11-5-6-21(17-34)36-13-12-33(4)26(36)38/h7-10,14,19,21H,5-6,11-13,15-17H2,1-4H3,(H2,29,37)(H,31,32)/t21-/m1/s1. The number of ether oxygens (including phenoxy) is 1. The Morgan fingerprint density at radius 2 is 1.80 bits per heavy atom. The molecule has 5 rings (SSSR count). The van der Waals surface area contributed by atoms with Crippen molar-refractivity contribution in [3.63, 3.8) is 0 Å². The third kappa shape index (κ3) is 5.90. The molecule has 12 heteroatoms. The molecule has 1 atom stereocenters. The van der Waals surface area contributed by atoms with Crippen molar-refractivity contribution in [2.75, 3.05) is 56.5 Å². The van der Waals surface area contributed by atoms with E-state index in [1.807, 2.05) is 57.0 Å². The Morgan fingerprint density at radius 3 is 2.42 bits per heavy atom. The van der Waals surface area contributed by atoms with E-state index < -0.39 is 11.5 Å². The predicted molar refractivity (Wildman–Crippen MR) is 151 cm³/mol. The zero-order valence-corrected chi connectivity index (χ0v) is 23.6. The second-order valence-electron chi connectivity index (χ2n) is 11.8. The molecule has 4 amide bonds. The predicted octanol–water partition coefficient (Wildman–Crippen LogP) is 2.99. The van der Waals surface area contributed by atoms with Gasteiger partial charge in [-0.3, -0.25) is 4.79 Å². The molecule has 2 aromatic rings. The fourth-order valence-electron chi connectivity index (χ4n) is 5.36. The van der Waals surface area contributed by atoms with Crippen LogP contribution in [-0.4, -0.2) is 101 Å². The van der Waals surface area contributed by atoms with Gasteiger partial charge in [-0.1, -0.05) is 12.1 Å². The van der Waals surface area contributed by atoms with Crippen LogP contribution in [0.25, 0.3) is 0 Å². The van der Waals surface area contributed by atoms with Gasteiger partial charge in [0.2, 0.25) is 0 Å². The first-order valence-electron chi connectivity index (χ1n) is 13.8. The van der Waals surface area contributed by atoms with Crippen molar-refractivity contribution in [3.8, 4) is 0 Å². The van der Waals surface area contributed by atoms with Gasteiger partial charge in [0, 0.05) is 57.9 Å². The lowest BCUT2D eigenvalue weighted by Crippen LogP contribution is -2.50. The third-order valence-corrected chi connectivity index (χ3v) is 7.58. The van der Waals surface area contributed by atoms with Gasteiger partial charge in [0.15, 0.2) is 11.5 Å². The molecule has 0 aliphatic carbocycles. The van der Waals surface area contributed by atoms with Crippen molar-refractivity contribution < 1.29 is 19.1 Å². The number of benzene rings is 1. The topological polar surface area (TPSA) is 137 Å². The number of anilines is 3. The summed E-state index contributed by atoms with van der Waals surface area (Å²) in [6.45, 7) is 9.69. The van der Waals surface area contributed by atoms with Crippen LogP contribution in [0.2, 0.25) is 0 Å². The molecule has 40 heavy (non-hydrogen) atoms. The number of nitrogens with one attached hydrogen (secondary N) is 1. The molecular weight excluding hydrogens is 512 g/mol. The lowest BCUT2D eigenvalue weighted by molar-refractivity contribution is 0.00818. The van der Waals surface area contributed by atoms with E-state index >= 15 is 0 Å². The highest BCUT2D eigenvalue weighted by Gasteiger charge is 2.36. The number of aromatic nitrogens is 2. The summed E-state index contributed by atoms with van der Waals surface area (Å²) < 4.78 is 5.44. The number of primary amides is 1. The highest BCUT2D eigenvalue weighted by Crippen LogP contribution is 2.31. The quantitative estimate of drug-likeness (QED) is 0.560. The van der Waals surface area contributed by atoms with Crippen LogP contribution >= 0.6 is 0 Å². The van der Waals surface area contributed by atoms with E-state index in [4.69, 9.17) is 15.5 Å². The van der Waals surface area contributed by atoms with Crippen LogP contribution in [-0.2, 0) is 4.74 Å². The minimum absolute atomic E-state index is 0.0599. The van der Waals surface area contributed by atoms with Crippen LogP contribution in [0.4, 0.5) is 26.9 Å². The largest absolute Gasteiger partial charge is 0.444 e. The van der Waals surface area contributed by atoms with Crippen molar-refractivity contribution >= 4 is 35.4 Å². The zero-order valence-electron chi connectivity index (χ0n) is 23.6. The van der Waals surface area contributed by atoms with Gasteiger partial charge in [-0.25, -0.2) is 19.6 Å². The van der Waals surface area contributed by atoms with Crippen molar-refractivity contribution in [3.05, 3.63) is 41.7 Å². The van der Waals surface area contributed by atoms with Crippen LogP contribution in [0, 0.1) is 0 Å². The van der Waals surface area contributed by atoms with E-state index in [1.165, 1.54) is 0 Å². The number of amides is 4. The first-order chi connectivity index (χ1) is 19.0. The van der Waals surface area contributed by atoms with Crippen molar-refractivity contribution in [1.29, 1.82) is 0 Å². The van der Waals surface area contributed by atoms with E-state index in [1.54, 1.807) is 16.0 Å². The number of carbonyl (C=O) groups is 3. The molecule has 3 N–H and O–H groups in total. The van der Waals surface area contributed by atoms with Gasteiger partial charge in [0.1, 0.15) is 11.4 Å². The van der Waals surface area contributed by atoms with Crippen molar-refractivity contribution in [2.24, 2.45) is 5.73 Å². The summed E-state index contributed by atoms with van der Waals surface area (Å²) in [6.07, 6.45) is 3.14. The molecule has 0 spiro atoms. The fourth-order valence-corrected chi connectivity index (χ4v) is 5.36. The number of likely N-dealkylation sites (tertiary alicyclic amines) is 1. The van der Waals surface area contributed by atoms with E-state index in [0.717, 1.165) is 43.7 Å². The molecule has 1 aromatic heterocycles. The van der Waals surface area contributed by atoms with Crippen LogP contribution in [0.5, 0.6) is 0 Å². The number of piperidine rings is 1. The second kappa shape index (κ2) is 10.8. The SMILES string of the molecule is CN1CCN([C@@H]2CCCN(c3cnc(C(N)=O)c(Nc4ccc(C5CN(C(=O)OC(C)(C)C)C5)cc4)n3)C2)C1=O. The second-order valence-corrected chi connectivity index (χ2v) is 11.8. The molecule has 12 nitrogen and oxygen atoms in total. The molecule has 0 saturated carbocycles. The smallest absolute Gasteiger partial charge is 0.410 e. The summed E-state index contributed by atoms with van der Waals surface area (Å²) in [5, 5.41) is 3.21. The average Bonchev–Trinajstić information content (AvgIpc) is 3.21. The lowest BCUT2D eigenvalue weighted by atomic mass is 9.92. The van der Waals surface area contributed by atoms with Gasteiger partial charge in [-0.2, -0.15) is 0 Å². The summed E-state index contributed by atoms with van der Waals surface area (Å²) in [6, 6.07) is 7.99. The summed E-state index contributed by atoms with van der Waals surface area (Å²) in [5.41, 5.74) is 7.01. The first kappa shape index (κ1) is 27.5. The highest BCUT2D eigenvalue weighted by molar-refractivity contribution is 5.96. The Morgan fingerprint density at radius 1 is 1.07 bits per heavy atom. The van der Waals surface area contributed by atoms with E-state index in [-0.39, 0.29) is 35.6 Å². The van der Waals surface area contributed by atoms with Crippen LogP contribution in [0.1, 0.15) is 55.6 Å². The van der Waals surface area contributed by atoms with Crippen LogP contribution < -0.4 is 16.0 Å². The number of hydrogen-bond donors (Lipinski definition) is 2. The average molecular weight is 551 g/mol. The van der Waals surface area contributed by atoms with E-state index in [9.17, 15) is 14.4 Å². The van der Waals surface area contributed by atoms with E-state index in [2.05, 4.69) is 15.2 Å². The van der Waals surface area contributed by atoms with Gasteiger partial charge in [-0.15, -0.1) is 0 Å². The maximum absolute atomic E-state index is 12.5. The molecule has 3 fully saturated rings. The summed E-state index contributed by atoms with van der Waals surface area (Å²) in [7, 11) is 1.83. The van der Waals surface area contributed by atoms with Gasteiger partial charge in [0.25, 0.3) is 5.91 Å². The summed E-state index contributed by atoms with van der Waals surface area (Å²) >= 11 is 0. The molecule has 4 heterocycles. The molecule has 3 aliphatic heterocycles. The monoisotopic (exact) mass is 550 g/mol. The Hall–Kier alpha value is -4.09. The molecule has 0 bridgehead atoms. The number of urea groups is 1. The van der Waals surface area contributed by atoms with Crippen LogP contribution in [0.3, 0.4) is 0 Å². The number of likely N-dealkylation sites (N-methyl/N-ethyl adjacent to an activating group) is 1. The molecule has 0 unspecified atom stereocenters. The fraction of sp³-hybridized carbons (Fsp3) is 0.536. The Bertz CT molecular complexity index is 1270. The Kier molecular flexibility index (Phi) is 7.43. The number of hydrogen-bond acceptors (Lipinski definition) is 8. The molecule has 3 aliphatic rings. The third-order valence-electron chi connectivity index (χ3n) is 7.58. The Labute approximate surface area is 234 Å². The minimum atomic E-state index is -0.669. The summed E-state index contributed by atoms with van der Waals surface area (Å²) in [4.78, 5) is 53.5. The van der Waals surface area contributed by atoms with Crippen LogP contribution in [0.15, 0.2) is 30.5 Å². The first-order valence-corrected chi connectivity index (χ1v) is 13.8. The van der Waals surface area contributed by atoms with Gasteiger partial charge in [-0.05, 0) is 51.3 Å².